The van der Waals surface area contributed by atoms with Gasteiger partial charge < -0.3 is 24.4 Å². The molecule has 4 rings (SSSR count). The first-order valence-corrected chi connectivity index (χ1v) is 19.0. The van der Waals surface area contributed by atoms with Gasteiger partial charge in [0.1, 0.15) is 17.2 Å². The van der Waals surface area contributed by atoms with Gasteiger partial charge in [-0.05, 0) is 132 Å². The first-order chi connectivity index (χ1) is 24.3. The Morgan fingerprint density at radius 2 is 1.80 bits per heavy atom. The fourth-order valence-electron chi connectivity index (χ4n) is 8.40. The topological polar surface area (TPSA) is 77.1 Å². The second kappa shape index (κ2) is 18.1. The normalized spacial score (nSPS) is 18.0. The monoisotopic (exact) mass is 698 g/mol. The van der Waals surface area contributed by atoms with Gasteiger partial charge in [0.25, 0.3) is 0 Å². The molecule has 0 unspecified atom stereocenters. The largest absolute Gasteiger partial charge is 0.465 e. The lowest BCUT2D eigenvalue weighted by molar-refractivity contribution is -0.141. The number of rotatable bonds is 17. The average Bonchev–Trinajstić information content (AvgIpc) is 3.04. The van der Waals surface area contributed by atoms with Gasteiger partial charge in [-0.25, -0.2) is 4.79 Å². The lowest BCUT2D eigenvalue weighted by atomic mass is 9.53. The number of carbonyl (C=O) groups is 2. The third-order valence-corrected chi connectivity index (χ3v) is 10.4. The van der Waals surface area contributed by atoms with E-state index in [-0.39, 0.29) is 23.7 Å². The number of hydrogen-bond acceptors (Lipinski definition) is 6. The maximum absolute atomic E-state index is 13.7. The fourth-order valence-corrected chi connectivity index (χ4v) is 8.40. The van der Waals surface area contributed by atoms with Crippen LogP contribution in [-0.4, -0.2) is 44.1 Å². The average molecular weight is 699 g/mol. The summed E-state index contributed by atoms with van der Waals surface area (Å²) in [5, 5.41) is 3.06. The highest BCUT2D eigenvalue weighted by Gasteiger charge is 2.50. The highest BCUT2D eigenvalue weighted by atomic mass is 16.6. The summed E-state index contributed by atoms with van der Waals surface area (Å²) in [4.78, 5) is 29.5. The van der Waals surface area contributed by atoms with Gasteiger partial charge in [-0.2, -0.15) is 0 Å². The van der Waals surface area contributed by atoms with Crippen LogP contribution in [0.25, 0.3) is 5.57 Å². The van der Waals surface area contributed by atoms with Gasteiger partial charge in [0.05, 0.1) is 12.7 Å². The minimum Gasteiger partial charge on any atom is -0.465 e. The second-order valence-corrected chi connectivity index (χ2v) is 16.0. The summed E-state index contributed by atoms with van der Waals surface area (Å²) in [5.74, 6) is 1.59. The molecule has 0 heterocycles. The van der Waals surface area contributed by atoms with E-state index < -0.39 is 11.5 Å². The molecule has 1 fully saturated rings. The van der Waals surface area contributed by atoms with Crippen LogP contribution in [0.5, 0.6) is 17.2 Å². The zero-order valence-corrected chi connectivity index (χ0v) is 32.6. The first-order valence-electron chi connectivity index (χ1n) is 19.0. The van der Waals surface area contributed by atoms with E-state index in [2.05, 4.69) is 89.8 Å². The minimum absolute atomic E-state index is 0.0623. The van der Waals surface area contributed by atoms with Gasteiger partial charge in [0.2, 0.25) is 0 Å². The zero-order chi connectivity index (χ0) is 37.2. The van der Waals surface area contributed by atoms with Crippen LogP contribution in [-0.2, 0) is 11.2 Å². The van der Waals surface area contributed by atoms with Crippen LogP contribution in [0.2, 0.25) is 0 Å². The molecule has 0 spiro atoms. The molecular formula is C44H62N2O5. The Morgan fingerprint density at radius 1 is 1.06 bits per heavy atom. The Balaban J connectivity index is 1.53. The molecule has 7 nitrogen and oxygen atoms in total. The van der Waals surface area contributed by atoms with Crippen molar-refractivity contribution < 1.29 is 23.8 Å². The standard InChI is InChI=1S/C44H62N2O5/c1-10-13-14-19-33-25-37(49-12-3)41(35-20-15-17-31(4)24-35)38(26-33)51-42(48)45-30-44(28-43(6,7)29-44)27-39(47)50-36-21-16-18-32(5)40(36)34(11-2)22-23-46(8)9/h11-12,16,18,21,24-26,35H,3,10,13-15,17,19-20,22-23,27-30H2,1-2,4-9H3,(H,45,48)/b34-11-/t35-/m0/s1. The molecule has 0 bridgehead atoms. The number of esters is 1. The van der Waals surface area contributed by atoms with Crippen molar-refractivity contribution in [1.29, 1.82) is 0 Å². The molecule has 51 heavy (non-hydrogen) atoms. The molecule has 1 amide bonds. The predicted octanol–water partition coefficient (Wildman–Crippen LogP) is 10.7. The quantitative estimate of drug-likeness (QED) is 0.0583. The summed E-state index contributed by atoms with van der Waals surface area (Å²) < 4.78 is 18.3. The SMILES string of the molecule is C=COc1cc(CCCCC)cc(OC(=O)NCC2(CC(=O)Oc3cccc(C)c3/C(=C\C)CCN(C)C)CC(C)(C)C2)c1[C@@H]1C=C(C)CCC1. The highest BCUT2D eigenvalue weighted by molar-refractivity contribution is 5.79. The Labute approximate surface area is 307 Å². The van der Waals surface area contributed by atoms with Crippen LogP contribution >= 0.6 is 0 Å². The van der Waals surface area contributed by atoms with Gasteiger partial charge in [0.15, 0.2) is 0 Å². The Kier molecular flexibility index (Phi) is 14.2. The summed E-state index contributed by atoms with van der Waals surface area (Å²) in [6.45, 7) is 17.9. The van der Waals surface area contributed by atoms with Gasteiger partial charge in [-0.3, -0.25) is 4.79 Å². The number of aryl methyl sites for hydroxylation is 2. The number of unbranched alkanes of at least 4 members (excludes halogenated alkanes) is 2. The van der Waals surface area contributed by atoms with Gasteiger partial charge >= 0.3 is 12.1 Å². The Hall–Kier alpha value is -3.84. The number of allylic oxidation sites excluding steroid dienone is 3. The predicted molar refractivity (Wildman–Crippen MR) is 209 cm³/mol. The van der Waals surface area contributed by atoms with Crippen LogP contribution in [0.15, 0.2) is 60.9 Å². The van der Waals surface area contributed by atoms with E-state index in [9.17, 15) is 9.59 Å². The molecule has 2 aliphatic carbocycles. The molecule has 0 radical (unpaired) electrons. The van der Waals surface area contributed by atoms with Crippen molar-refractivity contribution in [2.75, 3.05) is 27.2 Å². The summed E-state index contributed by atoms with van der Waals surface area (Å²) >= 11 is 0. The lowest BCUT2D eigenvalue weighted by Gasteiger charge is -2.53. The molecular weight excluding hydrogens is 636 g/mol. The third-order valence-electron chi connectivity index (χ3n) is 10.4. The van der Waals surface area contributed by atoms with Gasteiger partial charge in [0, 0.05) is 30.1 Å². The van der Waals surface area contributed by atoms with Crippen LogP contribution in [0.3, 0.4) is 0 Å². The summed E-state index contributed by atoms with van der Waals surface area (Å²) in [5.41, 5.74) is 6.13. The zero-order valence-electron chi connectivity index (χ0n) is 32.6. The number of carbonyl (C=O) groups excluding carboxylic acids is 2. The van der Waals surface area contributed by atoms with Crippen molar-refractivity contribution in [2.24, 2.45) is 10.8 Å². The molecule has 0 aliphatic heterocycles. The molecule has 2 aromatic carbocycles. The molecule has 7 heteroatoms. The molecule has 0 aromatic heterocycles. The van der Waals surface area contributed by atoms with Crippen LogP contribution in [0, 0.1) is 17.8 Å². The maximum atomic E-state index is 13.7. The van der Waals surface area contributed by atoms with Crippen molar-refractivity contribution in [3.05, 3.63) is 83.2 Å². The van der Waals surface area contributed by atoms with Gasteiger partial charge in [-0.15, -0.1) is 0 Å². The molecule has 1 N–H and O–H groups in total. The number of hydrogen-bond donors (Lipinski definition) is 1. The number of amides is 1. The lowest BCUT2D eigenvalue weighted by Crippen LogP contribution is -2.52. The highest BCUT2D eigenvalue weighted by Crippen LogP contribution is 2.56. The minimum atomic E-state index is -0.528. The van der Waals surface area contributed by atoms with Gasteiger partial charge in [-0.1, -0.05) is 70.0 Å². The Bertz CT molecular complexity index is 1590. The third kappa shape index (κ3) is 11.1. The number of ether oxygens (including phenoxy) is 3. The van der Waals surface area contributed by atoms with Crippen molar-refractivity contribution in [3.63, 3.8) is 0 Å². The smallest absolute Gasteiger partial charge is 0.412 e. The number of nitrogens with one attached hydrogen (secondary N) is 1. The molecule has 1 saturated carbocycles. The maximum Gasteiger partial charge on any atom is 0.412 e. The molecule has 278 valence electrons. The molecule has 2 aliphatic rings. The summed E-state index contributed by atoms with van der Waals surface area (Å²) in [7, 11) is 4.12. The Morgan fingerprint density at radius 3 is 2.45 bits per heavy atom. The number of benzene rings is 2. The van der Waals surface area contributed by atoms with E-state index in [1.165, 1.54) is 11.8 Å². The fraction of sp³-hybridized carbons (Fsp3) is 0.545. The summed E-state index contributed by atoms with van der Waals surface area (Å²) in [6.07, 6.45) is 15.2. The van der Waals surface area contributed by atoms with E-state index in [0.29, 0.717) is 23.8 Å². The molecule has 0 saturated heterocycles. The van der Waals surface area contributed by atoms with E-state index in [0.717, 1.165) is 98.6 Å². The van der Waals surface area contributed by atoms with Crippen molar-refractivity contribution in [2.45, 2.75) is 118 Å². The summed E-state index contributed by atoms with van der Waals surface area (Å²) in [6, 6.07) is 9.96. The van der Waals surface area contributed by atoms with Crippen LogP contribution in [0.1, 0.15) is 127 Å². The first kappa shape index (κ1) is 39.9. The van der Waals surface area contributed by atoms with Crippen molar-refractivity contribution in [3.8, 4) is 17.2 Å². The van der Waals surface area contributed by atoms with E-state index >= 15 is 0 Å². The van der Waals surface area contributed by atoms with Crippen LogP contribution in [0.4, 0.5) is 4.79 Å². The number of nitrogens with zero attached hydrogens (tertiary/aromatic N) is 1. The molecule has 1 atom stereocenters. The van der Waals surface area contributed by atoms with Crippen molar-refractivity contribution >= 4 is 17.6 Å². The van der Waals surface area contributed by atoms with E-state index in [1.807, 2.05) is 25.1 Å². The molecule has 2 aromatic rings. The van der Waals surface area contributed by atoms with Crippen LogP contribution < -0.4 is 19.5 Å². The van der Waals surface area contributed by atoms with Crippen molar-refractivity contribution in [1.82, 2.24) is 10.2 Å². The second-order valence-electron chi connectivity index (χ2n) is 16.0. The van der Waals surface area contributed by atoms with E-state index in [1.54, 1.807) is 0 Å². The van der Waals surface area contributed by atoms with E-state index in [4.69, 9.17) is 14.2 Å².